The van der Waals surface area contributed by atoms with E-state index in [1.807, 2.05) is 0 Å². The second-order valence-electron chi connectivity index (χ2n) is 4.69. The highest BCUT2D eigenvalue weighted by atomic mass is 14.9. The molecular weight excluding hydrogens is 170 g/mol. The Kier molecular flexibility index (Phi) is 7.87. The Morgan fingerprint density at radius 2 is 2.00 bits per heavy atom. The summed E-state index contributed by atoms with van der Waals surface area (Å²) in [4.78, 5) is 0. The minimum absolute atomic E-state index is 0.662. The van der Waals surface area contributed by atoms with Crippen molar-refractivity contribution >= 4 is 0 Å². The topological polar surface area (TPSA) is 12.0 Å². The van der Waals surface area contributed by atoms with Crippen molar-refractivity contribution in [2.24, 2.45) is 5.92 Å². The van der Waals surface area contributed by atoms with E-state index in [1.54, 1.807) is 0 Å². The van der Waals surface area contributed by atoms with Gasteiger partial charge in [-0.1, -0.05) is 19.4 Å². The van der Waals surface area contributed by atoms with Gasteiger partial charge in [-0.25, -0.2) is 0 Å². The molecule has 0 heterocycles. The van der Waals surface area contributed by atoms with Crippen LogP contribution in [0.2, 0.25) is 0 Å². The van der Waals surface area contributed by atoms with Crippen molar-refractivity contribution < 1.29 is 0 Å². The molecule has 1 N–H and O–H groups in total. The first-order chi connectivity index (χ1) is 6.56. The molecule has 84 valence electrons. The third-order valence-corrected chi connectivity index (χ3v) is 2.56. The molecule has 1 heteroatoms. The number of nitrogens with one attached hydrogen (secondary N) is 1. The van der Waals surface area contributed by atoms with Gasteiger partial charge in [0.2, 0.25) is 0 Å². The minimum atomic E-state index is 0.662. The van der Waals surface area contributed by atoms with Crippen LogP contribution in [0, 0.1) is 5.92 Å². The Morgan fingerprint density at radius 3 is 2.50 bits per heavy atom. The standard InChI is InChI=1S/C13H27N/c1-6-9-14-13(5)10-12(4)8-7-11(2)3/h12-14H,2,6-10H2,1,3-5H3. The van der Waals surface area contributed by atoms with Gasteiger partial charge in [0.15, 0.2) is 0 Å². The first kappa shape index (κ1) is 13.7. The summed E-state index contributed by atoms with van der Waals surface area (Å²) in [6.45, 7) is 14.0. The highest BCUT2D eigenvalue weighted by Gasteiger charge is 2.07. The van der Waals surface area contributed by atoms with Crippen LogP contribution in [0.15, 0.2) is 12.2 Å². The molecule has 0 saturated carbocycles. The van der Waals surface area contributed by atoms with E-state index < -0.39 is 0 Å². The summed E-state index contributed by atoms with van der Waals surface area (Å²) < 4.78 is 0. The molecule has 0 bridgehead atoms. The molecule has 1 nitrogen and oxygen atoms in total. The van der Waals surface area contributed by atoms with Gasteiger partial charge in [-0.15, -0.1) is 6.58 Å². The van der Waals surface area contributed by atoms with E-state index in [9.17, 15) is 0 Å². The molecule has 0 aromatic carbocycles. The molecular formula is C13H27N. The van der Waals surface area contributed by atoms with Crippen LogP contribution < -0.4 is 5.32 Å². The summed E-state index contributed by atoms with van der Waals surface area (Å²) in [6, 6.07) is 0.662. The van der Waals surface area contributed by atoms with E-state index in [1.165, 1.54) is 31.3 Å². The highest BCUT2D eigenvalue weighted by molar-refractivity contribution is 4.88. The van der Waals surface area contributed by atoms with Crippen LogP contribution in [0.25, 0.3) is 0 Å². The van der Waals surface area contributed by atoms with Crippen molar-refractivity contribution in [3.05, 3.63) is 12.2 Å². The molecule has 0 aliphatic heterocycles. The SMILES string of the molecule is C=C(C)CCC(C)CC(C)NCCC. The highest BCUT2D eigenvalue weighted by Crippen LogP contribution is 2.15. The van der Waals surface area contributed by atoms with Crippen LogP contribution >= 0.6 is 0 Å². The molecule has 0 aromatic heterocycles. The molecule has 2 unspecified atom stereocenters. The summed E-state index contributed by atoms with van der Waals surface area (Å²) in [5, 5.41) is 3.53. The molecule has 0 aliphatic carbocycles. The molecule has 0 spiro atoms. The van der Waals surface area contributed by atoms with Gasteiger partial charge in [-0.2, -0.15) is 0 Å². The quantitative estimate of drug-likeness (QED) is 0.584. The van der Waals surface area contributed by atoms with Crippen molar-refractivity contribution in [2.75, 3.05) is 6.54 Å². The van der Waals surface area contributed by atoms with Gasteiger partial charge in [0.05, 0.1) is 0 Å². The van der Waals surface area contributed by atoms with E-state index in [4.69, 9.17) is 0 Å². The van der Waals surface area contributed by atoms with Gasteiger partial charge in [0.25, 0.3) is 0 Å². The number of hydrogen-bond donors (Lipinski definition) is 1. The molecule has 0 rings (SSSR count). The lowest BCUT2D eigenvalue weighted by Gasteiger charge is -2.18. The van der Waals surface area contributed by atoms with Crippen LogP contribution in [0.1, 0.15) is 53.4 Å². The Hall–Kier alpha value is -0.300. The van der Waals surface area contributed by atoms with Crippen molar-refractivity contribution in [1.82, 2.24) is 5.32 Å². The monoisotopic (exact) mass is 197 g/mol. The molecule has 0 fully saturated rings. The molecule has 2 atom stereocenters. The van der Waals surface area contributed by atoms with Crippen LogP contribution in [-0.2, 0) is 0 Å². The lowest BCUT2D eigenvalue weighted by molar-refractivity contribution is 0.403. The maximum Gasteiger partial charge on any atom is 0.00412 e. The Morgan fingerprint density at radius 1 is 1.36 bits per heavy atom. The fourth-order valence-corrected chi connectivity index (χ4v) is 1.69. The zero-order valence-electron chi connectivity index (χ0n) is 10.4. The first-order valence-corrected chi connectivity index (χ1v) is 5.94. The smallest absolute Gasteiger partial charge is 0.00412 e. The summed E-state index contributed by atoms with van der Waals surface area (Å²) in [6.07, 6.45) is 4.98. The molecule has 0 amide bonds. The fourth-order valence-electron chi connectivity index (χ4n) is 1.69. The van der Waals surface area contributed by atoms with Crippen LogP contribution in [0.3, 0.4) is 0 Å². The normalized spacial score (nSPS) is 15.1. The Bertz CT molecular complexity index is 151. The van der Waals surface area contributed by atoms with Crippen molar-refractivity contribution in [3.63, 3.8) is 0 Å². The fraction of sp³-hybridized carbons (Fsp3) is 0.846. The van der Waals surface area contributed by atoms with Gasteiger partial charge < -0.3 is 5.32 Å². The summed E-state index contributed by atoms with van der Waals surface area (Å²) in [5.74, 6) is 0.811. The van der Waals surface area contributed by atoms with E-state index in [0.717, 1.165) is 12.5 Å². The summed E-state index contributed by atoms with van der Waals surface area (Å²) in [7, 11) is 0. The van der Waals surface area contributed by atoms with Gasteiger partial charge >= 0.3 is 0 Å². The zero-order valence-corrected chi connectivity index (χ0v) is 10.4. The molecule has 0 aromatic rings. The molecule has 0 saturated heterocycles. The Labute approximate surface area is 90.0 Å². The van der Waals surface area contributed by atoms with Crippen molar-refractivity contribution in [3.8, 4) is 0 Å². The van der Waals surface area contributed by atoms with Gasteiger partial charge in [-0.3, -0.25) is 0 Å². The average molecular weight is 197 g/mol. The Balaban J connectivity index is 3.49. The third kappa shape index (κ3) is 8.31. The van der Waals surface area contributed by atoms with Crippen LogP contribution in [0.5, 0.6) is 0 Å². The minimum Gasteiger partial charge on any atom is -0.314 e. The molecule has 14 heavy (non-hydrogen) atoms. The maximum atomic E-state index is 3.94. The number of allylic oxidation sites excluding steroid dienone is 1. The van der Waals surface area contributed by atoms with Crippen molar-refractivity contribution in [2.45, 2.75) is 59.4 Å². The van der Waals surface area contributed by atoms with Crippen molar-refractivity contribution in [1.29, 1.82) is 0 Å². The van der Waals surface area contributed by atoms with E-state index >= 15 is 0 Å². The number of hydrogen-bond acceptors (Lipinski definition) is 1. The van der Waals surface area contributed by atoms with Crippen LogP contribution in [0.4, 0.5) is 0 Å². The lowest BCUT2D eigenvalue weighted by Crippen LogP contribution is -2.28. The molecule has 0 radical (unpaired) electrons. The van der Waals surface area contributed by atoms with Gasteiger partial charge in [0.1, 0.15) is 0 Å². The van der Waals surface area contributed by atoms with Gasteiger partial charge in [0, 0.05) is 6.04 Å². The lowest BCUT2D eigenvalue weighted by atomic mass is 9.96. The summed E-state index contributed by atoms with van der Waals surface area (Å²) >= 11 is 0. The molecule has 0 aliphatic rings. The van der Waals surface area contributed by atoms with E-state index in [-0.39, 0.29) is 0 Å². The van der Waals surface area contributed by atoms with E-state index in [0.29, 0.717) is 6.04 Å². The largest absolute Gasteiger partial charge is 0.314 e. The predicted molar refractivity (Wildman–Crippen MR) is 65.6 cm³/mol. The predicted octanol–water partition coefficient (Wildman–Crippen LogP) is 3.76. The maximum absolute atomic E-state index is 3.94. The second-order valence-corrected chi connectivity index (χ2v) is 4.69. The zero-order chi connectivity index (χ0) is 11.0. The number of rotatable bonds is 8. The van der Waals surface area contributed by atoms with Crippen LogP contribution in [-0.4, -0.2) is 12.6 Å². The van der Waals surface area contributed by atoms with E-state index in [2.05, 4.69) is 39.6 Å². The third-order valence-electron chi connectivity index (χ3n) is 2.56. The summed E-state index contributed by atoms with van der Waals surface area (Å²) in [5.41, 5.74) is 1.31. The first-order valence-electron chi connectivity index (χ1n) is 5.94. The average Bonchev–Trinajstić information content (AvgIpc) is 2.11. The van der Waals surface area contributed by atoms with Gasteiger partial charge in [-0.05, 0) is 52.0 Å². The second kappa shape index (κ2) is 8.05.